The van der Waals surface area contributed by atoms with Crippen molar-refractivity contribution in [1.82, 2.24) is 9.55 Å². The largest absolute Gasteiger partial charge is 0.311 e. The van der Waals surface area contributed by atoms with Crippen LogP contribution in [0.15, 0.2) is 279 Å². The van der Waals surface area contributed by atoms with Gasteiger partial charge in [0.1, 0.15) is 5.82 Å². The van der Waals surface area contributed by atoms with Gasteiger partial charge < -0.3 is 9.80 Å². The lowest BCUT2D eigenvalue weighted by molar-refractivity contribution is 1.07. The SMILES string of the molecule is c1ccc(-c2nc(-c3ccc(-c4ccc(N(c5ccccc5)c5ccccc5)cc4)cc3)c(-c3ccc(-c4ccc(N(c5ccccc5)c5ccccc5)cc4)cc3)n2-c2ccccc2)cc1. The fourth-order valence-corrected chi connectivity index (χ4v) is 8.95. The Labute approximate surface area is 392 Å². The summed E-state index contributed by atoms with van der Waals surface area (Å²) < 4.78 is 2.31. The molecule has 11 rings (SSSR count). The number of aromatic nitrogens is 2. The van der Waals surface area contributed by atoms with E-state index < -0.39 is 0 Å². The van der Waals surface area contributed by atoms with Crippen LogP contribution in [0.1, 0.15) is 0 Å². The maximum atomic E-state index is 5.50. The maximum absolute atomic E-state index is 5.50. The summed E-state index contributed by atoms with van der Waals surface area (Å²) >= 11 is 0. The number of hydrogen-bond acceptors (Lipinski definition) is 3. The molecule has 0 saturated carbocycles. The molecule has 0 saturated heterocycles. The van der Waals surface area contributed by atoms with Gasteiger partial charge in [-0.1, -0.05) is 194 Å². The zero-order chi connectivity index (χ0) is 44.8. The van der Waals surface area contributed by atoms with Gasteiger partial charge in [-0.05, 0) is 107 Å². The van der Waals surface area contributed by atoms with Crippen molar-refractivity contribution >= 4 is 34.1 Å². The Hall–Kier alpha value is -8.99. The Morgan fingerprint density at radius 1 is 0.239 bits per heavy atom. The Morgan fingerprint density at radius 3 is 0.896 bits per heavy atom. The van der Waals surface area contributed by atoms with Crippen molar-refractivity contribution in [3.05, 3.63) is 279 Å². The molecule has 4 nitrogen and oxygen atoms in total. The molecule has 0 aliphatic rings. The first kappa shape index (κ1) is 40.8. The summed E-state index contributed by atoms with van der Waals surface area (Å²) in [5, 5.41) is 0. The van der Waals surface area contributed by atoms with Gasteiger partial charge in [0.2, 0.25) is 0 Å². The summed E-state index contributed by atoms with van der Waals surface area (Å²) in [6.07, 6.45) is 0. The summed E-state index contributed by atoms with van der Waals surface area (Å²) in [6, 6.07) is 98.6. The van der Waals surface area contributed by atoms with E-state index in [-0.39, 0.29) is 0 Å². The standard InChI is InChI=1S/C63H46N4/c1-7-19-53(20-8-1)63-64-61(51-35-31-47(32-36-51)49-39-43-59(44-40-49)65(54-21-9-2-10-22-54)55-23-11-3-12-24-55)62(67(63)58-29-17-6-18-30-58)52-37-33-48(34-38-52)50-41-45-60(46-42-50)66(56-25-13-4-14-26-56)57-27-15-5-16-28-57/h1-46H. The van der Waals surface area contributed by atoms with Crippen LogP contribution in [0.25, 0.3) is 61.8 Å². The molecule has 0 spiro atoms. The van der Waals surface area contributed by atoms with Crippen LogP contribution in [-0.2, 0) is 0 Å². The van der Waals surface area contributed by atoms with Gasteiger partial charge in [0, 0.05) is 56.5 Å². The fraction of sp³-hybridized carbons (Fsp3) is 0. The Balaban J connectivity index is 0.953. The van der Waals surface area contributed by atoms with Crippen molar-refractivity contribution in [2.24, 2.45) is 0 Å². The highest BCUT2D eigenvalue weighted by molar-refractivity contribution is 5.87. The predicted molar refractivity (Wildman–Crippen MR) is 280 cm³/mol. The van der Waals surface area contributed by atoms with E-state index in [1.54, 1.807) is 0 Å². The van der Waals surface area contributed by atoms with Crippen LogP contribution in [0.4, 0.5) is 34.1 Å². The van der Waals surface area contributed by atoms with Gasteiger partial charge in [-0.3, -0.25) is 4.57 Å². The summed E-state index contributed by atoms with van der Waals surface area (Å²) in [7, 11) is 0. The number of hydrogen-bond donors (Lipinski definition) is 0. The minimum atomic E-state index is 0.888. The summed E-state index contributed by atoms with van der Waals surface area (Å²) in [4.78, 5) is 10.1. The molecule has 4 heteroatoms. The number of nitrogens with zero attached hydrogens (tertiary/aromatic N) is 4. The van der Waals surface area contributed by atoms with E-state index in [1.165, 1.54) is 0 Å². The van der Waals surface area contributed by atoms with Crippen LogP contribution >= 0.6 is 0 Å². The van der Waals surface area contributed by atoms with Gasteiger partial charge in [-0.25, -0.2) is 4.98 Å². The lowest BCUT2D eigenvalue weighted by Crippen LogP contribution is -2.09. The molecule has 0 aliphatic carbocycles. The van der Waals surface area contributed by atoms with Gasteiger partial charge in [0.05, 0.1) is 11.4 Å². The van der Waals surface area contributed by atoms with Gasteiger partial charge >= 0.3 is 0 Å². The molecule has 0 bridgehead atoms. The Kier molecular flexibility index (Phi) is 11.3. The topological polar surface area (TPSA) is 24.3 Å². The molecule has 1 heterocycles. The minimum absolute atomic E-state index is 0.888. The fourth-order valence-electron chi connectivity index (χ4n) is 8.95. The third-order valence-electron chi connectivity index (χ3n) is 12.2. The van der Waals surface area contributed by atoms with E-state index in [2.05, 4.69) is 293 Å². The molecule has 0 fully saturated rings. The van der Waals surface area contributed by atoms with Crippen LogP contribution in [0, 0.1) is 0 Å². The summed E-state index contributed by atoms with van der Waals surface area (Å²) in [5.74, 6) is 0.888. The van der Waals surface area contributed by atoms with E-state index in [1.807, 2.05) is 0 Å². The highest BCUT2D eigenvalue weighted by Crippen LogP contribution is 2.41. The molecule has 0 amide bonds. The second-order valence-corrected chi connectivity index (χ2v) is 16.4. The van der Waals surface area contributed by atoms with E-state index in [9.17, 15) is 0 Å². The summed E-state index contributed by atoms with van der Waals surface area (Å²) in [5.41, 5.74) is 17.4. The van der Waals surface area contributed by atoms with Crippen LogP contribution in [0.3, 0.4) is 0 Å². The van der Waals surface area contributed by atoms with Gasteiger partial charge in [0.25, 0.3) is 0 Å². The first-order valence-electron chi connectivity index (χ1n) is 22.7. The van der Waals surface area contributed by atoms with E-state index in [4.69, 9.17) is 4.98 Å². The Bertz CT molecular complexity index is 3240. The third kappa shape index (κ3) is 8.44. The molecular formula is C63H46N4. The lowest BCUT2D eigenvalue weighted by Gasteiger charge is -2.25. The van der Waals surface area contributed by atoms with Crippen molar-refractivity contribution in [1.29, 1.82) is 0 Å². The molecular weight excluding hydrogens is 813 g/mol. The third-order valence-corrected chi connectivity index (χ3v) is 12.2. The quantitative estimate of drug-likeness (QED) is 0.122. The number of para-hydroxylation sites is 5. The molecule has 318 valence electrons. The van der Waals surface area contributed by atoms with Crippen LogP contribution in [-0.4, -0.2) is 9.55 Å². The highest BCUT2D eigenvalue weighted by Gasteiger charge is 2.23. The molecule has 0 aliphatic heterocycles. The molecule has 10 aromatic carbocycles. The average molecular weight is 859 g/mol. The number of rotatable bonds is 12. The molecule has 0 radical (unpaired) electrons. The maximum Gasteiger partial charge on any atom is 0.145 e. The second-order valence-electron chi connectivity index (χ2n) is 16.4. The first-order chi connectivity index (χ1) is 33.2. The van der Waals surface area contributed by atoms with Gasteiger partial charge in [-0.2, -0.15) is 0 Å². The van der Waals surface area contributed by atoms with Crippen molar-refractivity contribution in [2.45, 2.75) is 0 Å². The van der Waals surface area contributed by atoms with E-state index in [0.717, 1.165) is 96.0 Å². The normalized spacial score (nSPS) is 11.0. The number of imidazole rings is 1. The minimum Gasteiger partial charge on any atom is -0.311 e. The highest BCUT2D eigenvalue weighted by atomic mass is 15.1. The molecule has 0 unspecified atom stereocenters. The predicted octanol–water partition coefficient (Wildman–Crippen LogP) is 17.1. The monoisotopic (exact) mass is 858 g/mol. The van der Waals surface area contributed by atoms with Crippen LogP contribution in [0.2, 0.25) is 0 Å². The number of benzene rings is 10. The lowest BCUT2D eigenvalue weighted by atomic mass is 9.98. The van der Waals surface area contributed by atoms with Crippen molar-refractivity contribution < 1.29 is 0 Å². The first-order valence-corrected chi connectivity index (χ1v) is 22.7. The van der Waals surface area contributed by atoms with Gasteiger partial charge in [-0.15, -0.1) is 0 Å². The van der Waals surface area contributed by atoms with Crippen molar-refractivity contribution in [2.75, 3.05) is 9.80 Å². The second kappa shape index (κ2) is 18.6. The van der Waals surface area contributed by atoms with E-state index in [0.29, 0.717) is 0 Å². The Morgan fingerprint density at radius 2 is 0.522 bits per heavy atom. The molecule has 67 heavy (non-hydrogen) atoms. The van der Waals surface area contributed by atoms with E-state index >= 15 is 0 Å². The molecule has 0 N–H and O–H groups in total. The number of anilines is 6. The zero-order valence-electron chi connectivity index (χ0n) is 36.8. The van der Waals surface area contributed by atoms with Crippen molar-refractivity contribution in [3.8, 4) is 61.8 Å². The summed E-state index contributed by atoms with van der Waals surface area (Å²) in [6.45, 7) is 0. The van der Waals surface area contributed by atoms with Crippen LogP contribution < -0.4 is 9.80 Å². The smallest absolute Gasteiger partial charge is 0.145 e. The molecule has 0 atom stereocenters. The molecule has 1 aromatic heterocycles. The van der Waals surface area contributed by atoms with Crippen LogP contribution in [0.5, 0.6) is 0 Å². The zero-order valence-corrected chi connectivity index (χ0v) is 36.8. The van der Waals surface area contributed by atoms with Gasteiger partial charge in [0.15, 0.2) is 0 Å². The average Bonchev–Trinajstić information content (AvgIpc) is 3.82. The molecule has 11 aromatic rings. The van der Waals surface area contributed by atoms with Crippen molar-refractivity contribution in [3.63, 3.8) is 0 Å².